The number of esters is 1. The first-order valence-electron chi connectivity index (χ1n) is 12.6. The van der Waals surface area contributed by atoms with Crippen LogP contribution in [0.4, 0.5) is 0 Å². The summed E-state index contributed by atoms with van der Waals surface area (Å²) in [5.41, 5.74) is 0. The molecule has 1 unspecified atom stereocenters. The van der Waals surface area contributed by atoms with Crippen LogP contribution in [0.15, 0.2) is 0 Å². The van der Waals surface area contributed by atoms with Crippen LogP contribution in [0.25, 0.3) is 0 Å². The van der Waals surface area contributed by atoms with Crippen LogP contribution < -0.4 is 5.32 Å². The van der Waals surface area contributed by atoms with Crippen LogP contribution in [0, 0.1) is 0 Å². The second-order valence-electron chi connectivity index (χ2n) is 8.51. The van der Waals surface area contributed by atoms with Crippen molar-refractivity contribution in [2.45, 2.75) is 142 Å². The van der Waals surface area contributed by atoms with Gasteiger partial charge in [0.1, 0.15) is 6.04 Å². The van der Waals surface area contributed by atoms with Crippen molar-refractivity contribution in [3.05, 3.63) is 0 Å². The molecule has 0 aliphatic rings. The zero-order valence-electron chi connectivity index (χ0n) is 19.7. The molecule has 0 saturated heterocycles. The minimum atomic E-state index is -0.546. The van der Waals surface area contributed by atoms with Crippen molar-refractivity contribution in [2.75, 3.05) is 6.61 Å². The maximum atomic E-state index is 11.9. The zero-order chi connectivity index (χ0) is 21.6. The van der Waals surface area contributed by atoms with E-state index in [9.17, 15) is 9.59 Å². The topological polar surface area (TPSA) is 55.4 Å². The Balaban J connectivity index is 3.32. The summed E-state index contributed by atoms with van der Waals surface area (Å²) in [6, 6.07) is -0.546. The van der Waals surface area contributed by atoms with Gasteiger partial charge in [0.15, 0.2) is 0 Å². The molecule has 0 radical (unpaired) electrons. The lowest BCUT2D eigenvalue weighted by molar-refractivity contribution is -0.147. The monoisotopic (exact) mass is 411 g/mol. The van der Waals surface area contributed by atoms with E-state index in [-0.39, 0.29) is 11.9 Å². The van der Waals surface area contributed by atoms with Gasteiger partial charge in [-0.05, 0) is 19.8 Å². The maximum Gasteiger partial charge on any atom is 0.328 e. The van der Waals surface area contributed by atoms with Crippen LogP contribution in [-0.4, -0.2) is 24.5 Å². The van der Waals surface area contributed by atoms with Gasteiger partial charge in [-0.1, -0.05) is 110 Å². The molecule has 4 nitrogen and oxygen atoms in total. The molecular formula is C25H49NO3. The predicted octanol–water partition coefficient (Wildman–Crippen LogP) is 7.10. The van der Waals surface area contributed by atoms with Gasteiger partial charge in [0.2, 0.25) is 5.91 Å². The molecule has 29 heavy (non-hydrogen) atoms. The van der Waals surface area contributed by atoms with E-state index in [1.165, 1.54) is 83.5 Å². The van der Waals surface area contributed by atoms with Crippen molar-refractivity contribution in [3.63, 3.8) is 0 Å². The van der Waals surface area contributed by atoms with E-state index < -0.39 is 6.04 Å². The van der Waals surface area contributed by atoms with E-state index in [0.717, 1.165) is 25.7 Å². The van der Waals surface area contributed by atoms with Gasteiger partial charge in [-0.25, -0.2) is 4.79 Å². The molecule has 0 spiro atoms. The number of hydrogen-bond donors (Lipinski definition) is 1. The van der Waals surface area contributed by atoms with Gasteiger partial charge in [0.25, 0.3) is 0 Å². The SMILES string of the molecule is CCCCCCCCCCCCCCCCCOC(=O)C(C)NC(=O)CCCC. The third-order valence-corrected chi connectivity index (χ3v) is 5.48. The Morgan fingerprint density at radius 1 is 0.655 bits per heavy atom. The fourth-order valence-corrected chi connectivity index (χ4v) is 3.48. The summed E-state index contributed by atoms with van der Waals surface area (Å²) in [6.45, 7) is 6.47. The molecule has 0 saturated carbocycles. The first-order chi connectivity index (χ1) is 14.1. The minimum Gasteiger partial charge on any atom is -0.464 e. The van der Waals surface area contributed by atoms with Crippen molar-refractivity contribution < 1.29 is 14.3 Å². The second kappa shape index (κ2) is 21.6. The van der Waals surface area contributed by atoms with Gasteiger partial charge in [0.05, 0.1) is 6.61 Å². The van der Waals surface area contributed by atoms with Crippen molar-refractivity contribution >= 4 is 11.9 Å². The highest BCUT2D eigenvalue weighted by atomic mass is 16.5. The Bertz CT molecular complexity index is 384. The highest BCUT2D eigenvalue weighted by Gasteiger charge is 2.16. The molecule has 0 bridgehead atoms. The van der Waals surface area contributed by atoms with Crippen molar-refractivity contribution in [2.24, 2.45) is 0 Å². The van der Waals surface area contributed by atoms with Gasteiger partial charge in [-0.2, -0.15) is 0 Å². The van der Waals surface area contributed by atoms with Gasteiger partial charge >= 0.3 is 5.97 Å². The van der Waals surface area contributed by atoms with Crippen LogP contribution in [0.1, 0.15) is 136 Å². The highest BCUT2D eigenvalue weighted by molar-refractivity contribution is 5.84. The summed E-state index contributed by atoms with van der Waals surface area (Å²) in [6.07, 6.45) is 22.2. The smallest absolute Gasteiger partial charge is 0.328 e. The molecule has 0 aromatic rings. The van der Waals surface area contributed by atoms with Gasteiger partial charge < -0.3 is 10.1 Å². The van der Waals surface area contributed by atoms with E-state index in [2.05, 4.69) is 12.2 Å². The summed E-state index contributed by atoms with van der Waals surface area (Å²) < 4.78 is 5.27. The number of nitrogens with one attached hydrogen (secondary N) is 1. The van der Waals surface area contributed by atoms with Gasteiger partial charge in [0, 0.05) is 6.42 Å². The molecule has 4 heteroatoms. The summed E-state index contributed by atoms with van der Waals surface area (Å²) in [4.78, 5) is 23.5. The van der Waals surface area contributed by atoms with E-state index in [1.807, 2.05) is 6.92 Å². The van der Waals surface area contributed by atoms with E-state index in [1.54, 1.807) is 6.92 Å². The Hall–Kier alpha value is -1.06. The predicted molar refractivity (Wildman–Crippen MR) is 123 cm³/mol. The van der Waals surface area contributed by atoms with E-state index in [0.29, 0.717) is 13.0 Å². The molecule has 0 rings (SSSR count). The lowest BCUT2D eigenvalue weighted by Gasteiger charge is -2.13. The van der Waals surface area contributed by atoms with Crippen molar-refractivity contribution in [1.82, 2.24) is 5.32 Å². The van der Waals surface area contributed by atoms with Crippen LogP contribution in [-0.2, 0) is 14.3 Å². The number of unbranched alkanes of at least 4 members (excludes halogenated alkanes) is 15. The summed E-state index contributed by atoms with van der Waals surface area (Å²) in [5, 5.41) is 2.71. The first kappa shape index (κ1) is 27.9. The lowest BCUT2D eigenvalue weighted by Crippen LogP contribution is -2.39. The average molecular weight is 412 g/mol. The van der Waals surface area contributed by atoms with E-state index in [4.69, 9.17) is 4.74 Å². The number of carbonyl (C=O) groups is 2. The number of amides is 1. The molecule has 0 fully saturated rings. The van der Waals surface area contributed by atoms with Crippen molar-refractivity contribution in [3.8, 4) is 0 Å². The third kappa shape index (κ3) is 20.0. The lowest BCUT2D eigenvalue weighted by atomic mass is 10.0. The molecule has 1 amide bonds. The first-order valence-corrected chi connectivity index (χ1v) is 12.6. The molecule has 0 aliphatic carbocycles. The Morgan fingerprint density at radius 2 is 1.07 bits per heavy atom. The van der Waals surface area contributed by atoms with E-state index >= 15 is 0 Å². The molecule has 0 aromatic carbocycles. The van der Waals surface area contributed by atoms with Gasteiger partial charge in [-0.3, -0.25) is 4.79 Å². The number of carbonyl (C=O) groups excluding carboxylic acids is 2. The molecule has 0 aliphatic heterocycles. The molecular weight excluding hydrogens is 362 g/mol. The Kier molecular flexibility index (Phi) is 20.9. The minimum absolute atomic E-state index is 0.0664. The van der Waals surface area contributed by atoms with Crippen LogP contribution in [0.2, 0.25) is 0 Å². The van der Waals surface area contributed by atoms with Crippen LogP contribution in [0.5, 0.6) is 0 Å². The fourth-order valence-electron chi connectivity index (χ4n) is 3.48. The molecule has 172 valence electrons. The maximum absolute atomic E-state index is 11.9. The largest absolute Gasteiger partial charge is 0.464 e. The number of rotatable bonds is 21. The molecule has 1 atom stereocenters. The summed E-state index contributed by atoms with van der Waals surface area (Å²) in [7, 11) is 0. The molecule has 0 aromatic heterocycles. The number of ether oxygens (including phenoxy) is 1. The Morgan fingerprint density at radius 3 is 1.52 bits per heavy atom. The highest BCUT2D eigenvalue weighted by Crippen LogP contribution is 2.13. The zero-order valence-corrected chi connectivity index (χ0v) is 19.7. The third-order valence-electron chi connectivity index (χ3n) is 5.48. The number of hydrogen-bond acceptors (Lipinski definition) is 3. The quantitative estimate of drug-likeness (QED) is 0.162. The van der Waals surface area contributed by atoms with Crippen LogP contribution in [0.3, 0.4) is 0 Å². The fraction of sp³-hybridized carbons (Fsp3) is 0.920. The van der Waals surface area contributed by atoms with Gasteiger partial charge in [-0.15, -0.1) is 0 Å². The summed E-state index contributed by atoms with van der Waals surface area (Å²) >= 11 is 0. The molecule has 0 heterocycles. The molecule has 1 N–H and O–H groups in total. The van der Waals surface area contributed by atoms with Crippen LogP contribution >= 0.6 is 0 Å². The summed E-state index contributed by atoms with van der Waals surface area (Å²) in [5.74, 6) is -0.386. The Labute approximate surface area is 180 Å². The second-order valence-corrected chi connectivity index (χ2v) is 8.51. The average Bonchev–Trinajstić information content (AvgIpc) is 2.71. The standard InChI is InChI=1S/C25H49NO3/c1-4-6-8-9-10-11-12-13-14-15-16-17-18-19-20-22-29-25(28)23(3)26-24(27)21-7-5-2/h23H,4-22H2,1-3H3,(H,26,27). The normalized spacial score (nSPS) is 12.0. The van der Waals surface area contributed by atoms with Crippen molar-refractivity contribution in [1.29, 1.82) is 0 Å².